The van der Waals surface area contributed by atoms with Crippen LogP contribution in [0.3, 0.4) is 0 Å². The van der Waals surface area contributed by atoms with Gasteiger partial charge in [-0.3, -0.25) is 4.79 Å². The maximum absolute atomic E-state index is 12.2. The van der Waals surface area contributed by atoms with Gasteiger partial charge in [0.2, 0.25) is 5.75 Å². The molecule has 0 bridgehead atoms. The standard InChI is InChI=1S/C23H28O5/c1-23(2,13-25-3)14-28-21-18(10-12-20(26-4)22(21)27-5)15-7-6-8-17-16(15)9-11-19(17)24/h6-8,10,12H,9,11,13-14H2,1-5H3. The smallest absolute Gasteiger partial charge is 0.203 e. The first-order chi connectivity index (χ1) is 13.4. The molecule has 2 aromatic rings. The van der Waals surface area contributed by atoms with Crippen LogP contribution in [-0.4, -0.2) is 40.3 Å². The van der Waals surface area contributed by atoms with Gasteiger partial charge in [-0.25, -0.2) is 0 Å². The van der Waals surface area contributed by atoms with Crippen molar-refractivity contribution in [2.45, 2.75) is 26.7 Å². The summed E-state index contributed by atoms with van der Waals surface area (Å²) in [6.45, 7) is 5.19. The molecule has 3 rings (SSSR count). The minimum atomic E-state index is -0.172. The third kappa shape index (κ3) is 3.85. The van der Waals surface area contributed by atoms with Gasteiger partial charge in [-0.1, -0.05) is 32.0 Å². The molecule has 0 fully saturated rings. The first-order valence-corrected chi connectivity index (χ1v) is 9.44. The van der Waals surface area contributed by atoms with Gasteiger partial charge in [0.05, 0.1) is 27.4 Å². The van der Waals surface area contributed by atoms with Crippen molar-refractivity contribution >= 4 is 5.78 Å². The highest BCUT2D eigenvalue weighted by atomic mass is 16.5. The minimum absolute atomic E-state index is 0.172. The zero-order valence-electron chi connectivity index (χ0n) is 17.3. The molecule has 0 amide bonds. The van der Waals surface area contributed by atoms with E-state index < -0.39 is 0 Å². The van der Waals surface area contributed by atoms with Gasteiger partial charge < -0.3 is 18.9 Å². The Kier molecular flexibility index (Phi) is 5.94. The lowest BCUT2D eigenvalue weighted by atomic mass is 9.94. The highest BCUT2D eigenvalue weighted by molar-refractivity contribution is 6.02. The number of fused-ring (bicyclic) bond motifs is 1. The molecule has 2 aromatic carbocycles. The number of carbonyl (C=O) groups excluding carboxylic acids is 1. The quantitative estimate of drug-likeness (QED) is 0.668. The van der Waals surface area contributed by atoms with E-state index in [-0.39, 0.29) is 11.2 Å². The fourth-order valence-electron chi connectivity index (χ4n) is 3.70. The van der Waals surface area contributed by atoms with E-state index in [4.69, 9.17) is 18.9 Å². The molecule has 0 saturated heterocycles. The lowest BCUT2D eigenvalue weighted by Crippen LogP contribution is -2.26. The van der Waals surface area contributed by atoms with Crippen LogP contribution in [0, 0.1) is 5.41 Å². The van der Waals surface area contributed by atoms with Crippen LogP contribution in [0.25, 0.3) is 11.1 Å². The average molecular weight is 384 g/mol. The maximum atomic E-state index is 12.2. The van der Waals surface area contributed by atoms with E-state index in [1.54, 1.807) is 21.3 Å². The van der Waals surface area contributed by atoms with Crippen molar-refractivity contribution in [3.63, 3.8) is 0 Å². The largest absolute Gasteiger partial charge is 0.493 e. The summed E-state index contributed by atoms with van der Waals surface area (Å²) >= 11 is 0. The van der Waals surface area contributed by atoms with Crippen LogP contribution in [-0.2, 0) is 11.2 Å². The molecular formula is C23H28O5. The molecule has 0 unspecified atom stereocenters. The first kappa shape index (κ1) is 20.2. The fourth-order valence-corrected chi connectivity index (χ4v) is 3.70. The van der Waals surface area contributed by atoms with Crippen LogP contribution in [0.2, 0.25) is 0 Å². The zero-order chi connectivity index (χ0) is 20.3. The number of carbonyl (C=O) groups is 1. The van der Waals surface area contributed by atoms with E-state index in [9.17, 15) is 4.79 Å². The molecule has 0 radical (unpaired) electrons. The summed E-state index contributed by atoms with van der Waals surface area (Å²) in [6, 6.07) is 9.70. The lowest BCUT2D eigenvalue weighted by Gasteiger charge is -2.26. The van der Waals surface area contributed by atoms with E-state index in [2.05, 4.69) is 13.8 Å². The van der Waals surface area contributed by atoms with Gasteiger partial charge in [0.1, 0.15) is 0 Å². The van der Waals surface area contributed by atoms with Crippen molar-refractivity contribution in [1.82, 2.24) is 0 Å². The second-order valence-corrected chi connectivity index (χ2v) is 7.82. The maximum Gasteiger partial charge on any atom is 0.203 e. The Morgan fingerprint density at radius 3 is 2.29 bits per heavy atom. The van der Waals surface area contributed by atoms with Crippen molar-refractivity contribution < 1.29 is 23.7 Å². The van der Waals surface area contributed by atoms with Crippen LogP contribution in [0.1, 0.15) is 36.2 Å². The molecule has 1 aliphatic rings. The molecule has 0 saturated carbocycles. The molecule has 0 spiro atoms. The highest BCUT2D eigenvalue weighted by Crippen LogP contribution is 2.47. The lowest BCUT2D eigenvalue weighted by molar-refractivity contribution is 0.0635. The molecule has 5 nitrogen and oxygen atoms in total. The van der Waals surface area contributed by atoms with E-state index in [0.29, 0.717) is 36.9 Å². The van der Waals surface area contributed by atoms with Crippen molar-refractivity contribution in [2.75, 3.05) is 34.5 Å². The van der Waals surface area contributed by atoms with Crippen LogP contribution < -0.4 is 14.2 Å². The van der Waals surface area contributed by atoms with Crippen molar-refractivity contribution in [2.24, 2.45) is 5.41 Å². The van der Waals surface area contributed by atoms with Gasteiger partial charge in [-0.15, -0.1) is 0 Å². The Hall–Kier alpha value is -2.53. The Labute approximate surface area is 166 Å². The normalized spacial score (nSPS) is 13.4. The van der Waals surface area contributed by atoms with Gasteiger partial charge in [-0.05, 0) is 29.7 Å². The summed E-state index contributed by atoms with van der Waals surface area (Å²) in [5, 5.41) is 0. The number of hydrogen-bond acceptors (Lipinski definition) is 5. The Morgan fingerprint density at radius 1 is 0.857 bits per heavy atom. The van der Waals surface area contributed by atoms with Gasteiger partial charge in [-0.2, -0.15) is 0 Å². The number of benzene rings is 2. The monoisotopic (exact) mass is 384 g/mol. The number of ketones is 1. The topological polar surface area (TPSA) is 54.0 Å². The van der Waals surface area contributed by atoms with E-state index in [1.807, 2.05) is 30.3 Å². The SMILES string of the molecule is COCC(C)(C)COc1c(-c2cccc3c2CCC3=O)ccc(OC)c1OC. The van der Waals surface area contributed by atoms with Crippen molar-refractivity contribution in [3.05, 3.63) is 41.5 Å². The zero-order valence-corrected chi connectivity index (χ0v) is 17.3. The first-order valence-electron chi connectivity index (χ1n) is 9.44. The van der Waals surface area contributed by atoms with E-state index in [0.717, 1.165) is 28.7 Å². The highest BCUT2D eigenvalue weighted by Gasteiger charge is 2.27. The minimum Gasteiger partial charge on any atom is -0.493 e. The van der Waals surface area contributed by atoms with Crippen molar-refractivity contribution in [3.8, 4) is 28.4 Å². The van der Waals surface area contributed by atoms with Crippen LogP contribution in [0.5, 0.6) is 17.2 Å². The third-order valence-electron chi connectivity index (χ3n) is 5.01. The number of Topliss-reactive ketones (excluding diaryl/α,β-unsaturated/α-hetero) is 1. The Morgan fingerprint density at radius 2 is 1.61 bits per heavy atom. The molecule has 0 aromatic heterocycles. The fraction of sp³-hybridized carbons (Fsp3) is 0.435. The molecule has 0 atom stereocenters. The molecule has 150 valence electrons. The van der Waals surface area contributed by atoms with Gasteiger partial charge >= 0.3 is 0 Å². The molecule has 0 heterocycles. The molecule has 0 N–H and O–H groups in total. The second kappa shape index (κ2) is 8.23. The van der Waals surface area contributed by atoms with Crippen LogP contribution >= 0.6 is 0 Å². The average Bonchev–Trinajstić information content (AvgIpc) is 3.06. The van der Waals surface area contributed by atoms with E-state index >= 15 is 0 Å². The summed E-state index contributed by atoms with van der Waals surface area (Å²) in [4.78, 5) is 12.2. The van der Waals surface area contributed by atoms with Gasteiger partial charge in [0.15, 0.2) is 17.3 Å². The predicted molar refractivity (Wildman–Crippen MR) is 109 cm³/mol. The molecule has 0 aliphatic heterocycles. The third-order valence-corrected chi connectivity index (χ3v) is 5.01. The van der Waals surface area contributed by atoms with Crippen LogP contribution in [0.15, 0.2) is 30.3 Å². The summed E-state index contributed by atoms with van der Waals surface area (Å²) < 4.78 is 22.7. The summed E-state index contributed by atoms with van der Waals surface area (Å²) in [5.74, 6) is 1.98. The number of hydrogen-bond donors (Lipinski definition) is 0. The van der Waals surface area contributed by atoms with E-state index in [1.165, 1.54) is 0 Å². The van der Waals surface area contributed by atoms with Gasteiger partial charge in [0.25, 0.3) is 0 Å². The summed E-state index contributed by atoms with van der Waals surface area (Å²) in [6.07, 6.45) is 1.30. The predicted octanol–water partition coefficient (Wildman–Crippen LogP) is 4.55. The van der Waals surface area contributed by atoms with Gasteiger partial charge in [0, 0.05) is 30.1 Å². The number of methoxy groups -OCH3 is 3. The number of rotatable bonds is 8. The molecule has 1 aliphatic carbocycles. The second-order valence-electron chi connectivity index (χ2n) is 7.82. The Balaban J connectivity index is 2.11. The Bertz CT molecular complexity index is 870. The van der Waals surface area contributed by atoms with Crippen LogP contribution in [0.4, 0.5) is 0 Å². The molecule has 5 heteroatoms. The molecule has 28 heavy (non-hydrogen) atoms. The number of ether oxygens (including phenoxy) is 4. The summed E-state index contributed by atoms with van der Waals surface area (Å²) in [7, 11) is 4.90. The summed E-state index contributed by atoms with van der Waals surface area (Å²) in [5.41, 5.74) is 3.61. The molecular weight excluding hydrogens is 356 g/mol. The van der Waals surface area contributed by atoms with Crippen molar-refractivity contribution in [1.29, 1.82) is 0 Å².